The molecule has 134 valence electrons. The van der Waals surface area contributed by atoms with E-state index in [0.717, 1.165) is 44.5 Å². The lowest BCUT2D eigenvalue weighted by Crippen LogP contribution is -2.47. The monoisotopic (exact) mass is 347 g/mol. The van der Waals surface area contributed by atoms with Crippen molar-refractivity contribution in [1.29, 1.82) is 0 Å². The maximum atomic E-state index is 13.1. The molecule has 0 saturated carbocycles. The fourth-order valence-corrected chi connectivity index (χ4v) is 5.04. The zero-order valence-electron chi connectivity index (χ0n) is 15.1. The van der Waals surface area contributed by atoms with Gasteiger partial charge in [-0.15, -0.1) is 0 Å². The minimum absolute atomic E-state index is 0.154. The van der Waals surface area contributed by atoms with Crippen LogP contribution in [0.25, 0.3) is 0 Å². The van der Waals surface area contributed by atoms with Crippen LogP contribution in [0, 0.1) is 5.92 Å². The molecule has 1 aliphatic carbocycles. The summed E-state index contributed by atoms with van der Waals surface area (Å²) >= 11 is 0. The number of carbonyl (C=O) groups is 1. The molecule has 3 aliphatic heterocycles. The lowest BCUT2D eigenvalue weighted by molar-refractivity contribution is -0.140. The molecule has 2 bridgehead atoms. The Labute approximate surface area is 154 Å². The predicted octanol–water partition coefficient (Wildman–Crippen LogP) is 2.67. The molecule has 0 N–H and O–H groups in total. The average Bonchev–Trinajstić information content (AvgIpc) is 2.92. The minimum atomic E-state index is 0.154. The van der Waals surface area contributed by atoms with Gasteiger partial charge in [0.2, 0.25) is 5.91 Å². The molecule has 1 aromatic heterocycles. The van der Waals surface area contributed by atoms with Crippen LogP contribution in [0.15, 0.2) is 48.7 Å². The number of aromatic nitrogens is 1. The second-order valence-electron chi connectivity index (χ2n) is 8.00. The van der Waals surface area contributed by atoms with Gasteiger partial charge in [-0.1, -0.05) is 30.3 Å². The van der Waals surface area contributed by atoms with Gasteiger partial charge in [-0.3, -0.25) is 14.7 Å². The molecule has 2 aromatic rings. The zero-order chi connectivity index (χ0) is 17.5. The Kier molecular flexibility index (Phi) is 4.01. The fraction of sp³-hybridized carbons (Fsp3) is 0.455. The van der Waals surface area contributed by atoms with Gasteiger partial charge in [0.05, 0.1) is 18.2 Å². The fourth-order valence-electron chi connectivity index (χ4n) is 5.04. The molecule has 4 nitrogen and oxygen atoms in total. The Morgan fingerprint density at radius 1 is 0.923 bits per heavy atom. The highest BCUT2D eigenvalue weighted by Crippen LogP contribution is 2.34. The number of benzene rings is 1. The van der Waals surface area contributed by atoms with Crippen LogP contribution < -0.4 is 0 Å². The molecule has 1 aromatic carbocycles. The number of amides is 1. The summed E-state index contributed by atoms with van der Waals surface area (Å²) in [7, 11) is 0. The van der Waals surface area contributed by atoms with Gasteiger partial charge in [0.1, 0.15) is 0 Å². The molecule has 26 heavy (non-hydrogen) atoms. The van der Waals surface area contributed by atoms with Crippen molar-refractivity contribution in [2.45, 2.75) is 44.3 Å². The van der Waals surface area contributed by atoms with E-state index < -0.39 is 0 Å². The maximum Gasteiger partial charge on any atom is 0.227 e. The third-order valence-electron chi connectivity index (χ3n) is 6.43. The van der Waals surface area contributed by atoms with Gasteiger partial charge in [-0.05, 0) is 48.9 Å². The van der Waals surface area contributed by atoms with Crippen LogP contribution in [-0.2, 0) is 24.2 Å². The first kappa shape index (κ1) is 16.0. The van der Waals surface area contributed by atoms with E-state index in [-0.39, 0.29) is 5.92 Å². The average molecular weight is 347 g/mol. The summed E-state index contributed by atoms with van der Waals surface area (Å²) in [6, 6.07) is 15.7. The van der Waals surface area contributed by atoms with E-state index in [0.29, 0.717) is 24.5 Å². The summed E-state index contributed by atoms with van der Waals surface area (Å²) in [6.07, 6.45) is 6.24. The number of fused-ring (bicyclic) bond motifs is 5. The van der Waals surface area contributed by atoms with Crippen molar-refractivity contribution in [3.8, 4) is 0 Å². The Balaban J connectivity index is 1.35. The van der Waals surface area contributed by atoms with Gasteiger partial charge in [0.15, 0.2) is 0 Å². The largest absolute Gasteiger partial charge is 0.332 e. The van der Waals surface area contributed by atoms with Crippen molar-refractivity contribution in [2.24, 2.45) is 5.92 Å². The standard InChI is InChI=1S/C22H25N3O/c26-22-18-8-9-20(25(22)14-19-7-3-4-10-23-19)15-24(13-18)21-11-16-5-1-2-6-17(16)12-21/h1-7,10,18,20-21H,8-9,11-15H2/t18-,20+/m0/s1. The number of hydrogen-bond donors (Lipinski definition) is 0. The number of piperidine rings is 1. The highest BCUT2D eigenvalue weighted by molar-refractivity contribution is 5.80. The van der Waals surface area contributed by atoms with E-state index in [1.54, 1.807) is 0 Å². The third-order valence-corrected chi connectivity index (χ3v) is 6.43. The number of carbonyl (C=O) groups excluding carboxylic acids is 1. The summed E-state index contributed by atoms with van der Waals surface area (Å²) in [5.41, 5.74) is 3.98. The van der Waals surface area contributed by atoms with Gasteiger partial charge < -0.3 is 4.90 Å². The summed E-state index contributed by atoms with van der Waals surface area (Å²) in [4.78, 5) is 22.2. The van der Waals surface area contributed by atoms with E-state index in [9.17, 15) is 4.79 Å². The Bertz CT molecular complexity index is 781. The van der Waals surface area contributed by atoms with E-state index in [4.69, 9.17) is 0 Å². The van der Waals surface area contributed by atoms with Gasteiger partial charge in [0.25, 0.3) is 0 Å². The Morgan fingerprint density at radius 3 is 2.42 bits per heavy atom. The summed E-state index contributed by atoms with van der Waals surface area (Å²) in [5, 5.41) is 0. The molecule has 0 radical (unpaired) electrons. The molecule has 4 heteroatoms. The Hall–Kier alpha value is -2.20. The molecule has 2 atom stereocenters. The van der Waals surface area contributed by atoms with Gasteiger partial charge in [-0.2, -0.15) is 0 Å². The maximum absolute atomic E-state index is 13.1. The van der Waals surface area contributed by atoms with Crippen LogP contribution in [0.2, 0.25) is 0 Å². The van der Waals surface area contributed by atoms with Crippen molar-refractivity contribution in [2.75, 3.05) is 13.1 Å². The number of pyridine rings is 1. The highest BCUT2D eigenvalue weighted by Gasteiger charge is 2.43. The summed E-state index contributed by atoms with van der Waals surface area (Å²) < 4.78 is 0. The number of nitrogens with zero attached hydrogens (tertiary/aromatic N) is 3. The molecule has 3 saturated heterocycles. The summed E-state index contributed by atoms with van der Waals surface area (Å²) in [5.74, 6) is 0.492. The molecule has 4 heterocycles. The molecular formula is C22H25N3O. The second-order valence-corrected chi connectivity index (χ2v) is 8.00. The van der Waals surface area contributed by atoms with Crippen LogP contribution >= 0.6 is 0 Å². The van der Waals surface area contributed by atoms with Crippen LogP contribution in [0.5, 0.6) is 0 Å². The van der Waals surface area contributed by atoms with E-state index in [1.165, 1.54) is 11.1 Å². The lowest BCUT2D eigenvalue weighted by Gasteiger charge is -2.36. The first-order valence-electron chi connectivity index (χ1n) is 9.79. The number of rotatable bonds is 3. The van der Waals surface area contributed by atoms with E-state index in [2.05, 4.69) is 39.0 Å². The molecule has 3 fully saturated rings. The van der Waals surface area contributed by atoms with Crippen molar-refractivity contribution < 1.29 is 4.79 Å². The molecule has 0 spiro atoms. The smallest absolute Gasteiger partial charge is 0.227 e. The molecular weight excluding hydrogens is 322 g/mol. The molecule has 6 rings (SSSR count). The minimum Gasteiger partial charge on any atom is -0.332 e. The topological polar surface area (TPSA) is 36.4 Å². The number of hydrogen-bond acceptors (Lipinski definition) is 3. The lowest BCUT2D eigenvalue weighted by atomic mass is 9.94. The quantitative estimate of drug-likeness (QED) is 0.856. The van der Waals surface area contributed by atoms with Crippen LogP contribution in [0.3, 0.4) is 0 Å². The van der Waals surface area contributed by atoms with Crippen LogP contribution in [-0.4, -0.2) is 45.9 Å². The molecule has 1 amide bonds. The second kappa shape index (κ2) is 6.51. The van der Waals surface area contributed by atoms with Crippen molar-refractivity contribution in [1.82, 2.24) is 14.8 Å². The van der Waals surface area contributed by atoms with Crippen LogP contribution in [0.4, 0.5) is 0 Å². The SMILES string of the molecule is O=C1[C@H]2CC[C@H](CN(C3Cc4ccccc4C3)C2)N1Cc1ccccn1. The van der Waals surface area contributed by atoms with Crippen LogP contribution in [0.1, 0.15) is 29.7 Å². The van der Waals surface area contributed by atoms with Gasteiger partial charge >= 0.3 is 0 Å². The van der Waals surface area contributed by atoms with Gasteiger partial charge in [0, 0.05) is 31.4 Å². The highest BCUT2D eigenvalue weighted by atomic mass is 16.2. The predicted molar refractivity (Wildman–Crippen MR) is 101 cm³/mol. The van der Waals surface area contributed by atoms with Crippen molar-refractivity contribution in [3.63, 3.8) is 0 Å². The van der Waals surface area contributed by atoms with E-state index in [1.807, 2.05) is 24.4 Å². The first-order chi connectivity index (χ1) is 12.8. The third kappa shape index (κ3) is 2.82. The van der Waals surface area contributed by atoms with Crippen molar-refractivity contribution in [3.05, 3.63) is 65.5 Å². The normalized spacial score (nSPS) is 26.2. The zero-order valence-corrected chi connectivity index (χ0v) is 15.1. The summed E-state index contributed by atoms with van der Waals surface area (Å²) in [6.45, 7) is 2.58. The van der Waals surface area contributed by atoms with E-state index >= 15 is 0 Å². The molecule has 0 unspecified atom stereocenters. The van der Waals surface area contributed by atoms with Crippen molar-refractivity contribution >= 4 is 5.91 Å². The molecule has 4 aliphatic rings. The van der Waals surface area contributed by atoms with Gasteiger partial charge in [-0.25, -0.2) is 0 Å². The first-order valence-corrected chi connectivity index (χ1v) is 9.79. The Morgan fingerprint density at radius 2 is 1.69 bits per heavy atom.